The van der Waals surface area contributed by atoms with E-state index in [1.54, 1.807) is 6.92 Å². The van der Waals surface area contributed by atoms with Gasteiger partial charge >= 0.3 is 5.97 Å². The SMILES string of the molecule is COC(=O)C(C)Sc1nnc(-c2cccc(C)c2)n1-c1ccc(Cl)cc1. The standard InChI is InChI=1S/C19H18ClN3O2S/c1-12-5-4-6-14(11-12)17-21-22-19(26-13(2)18(24)25-3)23(17)16-9-7-15(20)8-10-16/h4-11,13H,1-3H3. The first-order valence-electron chi connectivity index (χ1n) is 8.02. The summed E-state index contributed by atoms with van der Waals surface area (Å²) in [6.07, 6.45) is 0. The van der Waals surface area contributed by atoms with Gasteiger partial charge in [0.15, 0.2) is 11.0 Å². The Kier molecular flexibility index (Phi) is 5.64. The van der Waals surface area contributed by atoms with E-state index >= 15 is 0 Å². The molecule has 0 aliphatic carbocycles. The summed E-state index contributed by atoms with van der Waals surface area (Å²) in [6, 6.07) is 15.5. The van der Waals surface area contributed by atoms with Crippen LogP contribution in [-0.4, -0.2) is 33.1 Å². The lowest BCUT2D eigenvalue weighted by molar-refractivity contribution is -0.139. The topological polar surface area (TPSA) is 57.0 Å². The van der Waals surface area contributed by atoms with Crippen molar-refractivity contribution in [3.8, 4) is 17.1 Å². The zero-order valence-corrected chi connectivity index (χ0v) is 16.2. The van der Waals surface area contributed by atoms with Gasteiger partial charge in [-0.2, -0.15) is 0 Å². The van der Waals surface area contributed by atoms with Gasteiger partial charge in [-0.05, 0) is 44.2 Å². The van der Waals surface area contributed by atoms with Crippen LogP contribution in [0, 0.1) is 6.92 Å². The largest absolute Gasteiger partial charge is 0.468 e. The van der Waals surface area contributed by atoms with Crippen LogP contribution in [0.4, 0.5) is 0 Å². The van der Waals surface area contributed by atoms with E-state index in [1.807, 2.05) is 54.0 Å². The third-order valence-corrected chi connectivity index (χ3v) is 5.08. The van der Waals surface area contributed by atoms with Gasteiger partial charge in [0, 0.05) is 16.3 Å². The molecule has 0 fully saturated rings. The molecule has 7 heteroatoms. The van der Waals surface area contributed by atoms with Gasteiger partial charge in [-0.15, -0.1) is 10.2 Å². The van der Waals surface area contributed by atoms with E-state index in [-0.39, 0.29) is 5.97 Å². The third-order valence-electron chi connectivity index (χ3n) is 3.81. The zero-order valence-electron chi connectivity index (χ0n) is 14.6. The summed E-state index contributed by atoms with van der Waals surface area (Å²) in [5, 5.41) is 9.54. The summed E-state index contributed by atoms with van der Waals surface area (Å²) in [7, 11) is 1.38. The van der Waals surface area contributed by atoms with E-state index in [2.05, 4.69) is 16.3 Å². The number of aromatic nitrogens is 3. The Labute approximate surface area is 161 Å². The number of hydrogen-bond acceptors (Lipinski definition) is 5. The molecule has 0 aliphatic heterocycles. The van der Waals surface area contributed by atoms with E-state index < -0.39 is 5.25 Å². The molecule has 0 saturated carbocycles. The molecule has 5 nitrogen and oxygen atoms in total. The molecule has 0 bridgehead atoms. The monoisotopic (exact) mass is 387 g/mol. The van der Waals surface area contributed by atoms with Crippen LogP contribution in [0.15, 0.2) is 53.7 Å². The fourth-order valence-corrected chi connectivity index (χ4v) is 3.53. The molecule has 0 N–H and O–H groups in total. The van der Waals surface area contributed by atoms with Gasteiger partial charge in [0.05, 0.1) is 7.11 Å². The predicted molar refractivity (Wildman–Crippen MR) is 104 cm³/mol. The van der Waals surface area contributed by atoms with Crippen LogP contribution in [0.1, 0.15) is 12.5 Å². The molecule has 0 radical (unpaired) electrons. The fourth-order valence-electron chi connectivity index (χ4n) is 2.51. The highest BCUT2D eigenvalue weighted by atomic mass is 35.5. The van der Waals surface area contributed by atoms with Crippen molar-refractivity contribution >= 4 is 29.3 Å². The van der Waals surface area contributed by atoms with Crippen molar-refractivity contribution in [3.05, 3.63) is 59.1 Å². The maximum Gasteiger partial charge on any atom is 0.318 e. The van der Waals surface area contributed by atoms with Gasteiger partial charge in [0.25, 0.3) is 0 Å². The lowest BCUT2D eigenvalue weighted by Crippen LogP contribution is -2.15. The molecule has 1 atom stereocenters. The number of hydrogen-bond donors (Lipinski definition) is 0. The number of benzene rings is 2. The number of ether oxygens (including phenoxy) is 1. The van der Waals surface area contributed by atoms with Crippen molar-refractivity contribution < 1.29 is 9.53 Å². The number of aryl methyl sites for hydroxylation is 1. The van der Waals surface area contributed by atoms with Crippen molar-refractivity contribution in [2.75, 3.05) is 7.11 Å². The first kappa shape index (κ1) is 18.5. The number of carbonyl (C=O) groups is 1. The Morgan fingerprint density at radius 1 is 1.19 bits per heavy atom. The minimum Gasteiger partial charge on any atom is -0.468 e. The number of esters is 1. The number of thioether (sulfide) groups is 1. The van der Waals surface area contributed by atoms with Crippen molar-refractivity contribution in [1.29, 1.82) is 0 Å². The summed E-state index contributed by atoms with van der Waals surface area (Å²) in [4.78, 5) is 11.8. The van der Waals surface area contributed by atoms with Crippen molar-refractivity contribution in [2.45, 2.75) is 24.3 Å². The molecule has 1 unspecified atom stereocenters. The molecule has 0 aliphatic rings. The van der Waals surface area contributed by atoms with Crippen LogP contribution in [0.25, 0.3) is 17.1 Å². The van der Waals surface area contributed by atoms with Crippen molar-refractivity contribution in [2.24, 2.45) is 0 Å². The maximum atomic E-state index is 11.8. The van der Waals surface area contributed by atoms with E-state index in [1.165, 1.54) is 18.9 Å². The summed E-state index contributed by atoms with van der Waals surface area (Å²) in [6.45, 7) is 3.81. The Bertz CT molecular complexity index is 925. The number of nitrogens with zero attached hydrogens (tertiary/aromatic N) is 3. The average Bonchev–Trinajstić information content (AvgIpc) is 3.05. The lowest BCUT2D eigenvalue weighted by atomic mass is 10.1. The van der Waals surface area contributed by atoms with E-state index in [0.29, 0.717) is 16.0 Å². The van der Waals surface area contributed by atoms with Crippen LogP contribution in [0.5, 0.6) is 0 Å². The molecule has 1 heterocycles. The van der Waals surface area contributed by atoms with E-state index in [9.17, 15) is 4.79 Å². The van der Waals surface area contributed by atoms with Gasteiger partial charge < -0.3 is 4.74 Å². The lowest BCUT2D eigenvalue weighted by Gasteiger charge is -2.13. The second kappa shape index (κ2) is 7.93. The Morgan fingerprint density at radius 2 is 1.92 bits per heavy atom. The maximum absolute atomic E-state index is 11.8. The van der Waals surface area contributed by atoms with Gasteiger partial charge in [-0.25, -0.2) is 0 Å². The number of carbonyl (C=O) groups excluding carboxylic acids is 1. The van der Waals surface area contributed by atoms with Crippen LogP contribution in [-0.2, 0) is 9.53 Å². The zero-order chi connectivity index (χ0) is 18.7. The van der Waals surface area contributed by atoms with Crippen molar-refractivity contribution in [3.63, 3.8) is 0 Å². The summed E-state index contributed by atoms with van der Waals surface area (Å²) < 4.78 is 6.74. The molecule has 134 valence electrons. The molecule has 3 rings (SSSR count). The first-order valence-corrected chi connectivity index (χ1v) is 9.28. The molecule has 0 spiro atoms. The highest BCUT2D eigenvalue weighted by molar-refractivity contribution is 8.00. The van der Waals surface area contributed by atoms with Crippen LogP contribution in [0.2, 0.25) is 5.02 Å². The molecule has 1 aromatic heterocycles. The number of methoxy groups -OCH3 is 1. The second-order valence-corrected chi connectivity index (χ2v) is 7.52. The van der Waals surface area contributed by atoms with Crippen LogP contribution < -0.4 is 0 Å². The number of rotatable bonds is 5. The van der Waals surface area contributed by atoms with Gasteiger partial charge in [0.2, 0.25) is 0 Å². The fraction of sp³-hybridized carbons (Fsp3) is 0.211. The summed E-state index contributed by atoms with van der Waals surface area (Å²) in [5.74, 6) is 0.397. The van der Waals surface area contributed by atoms with Crippen LogP contribution in [0.3, 0.4) is 0 Å². The molecule has 0 saturated heterocycles. The third kappa shape index (κ3) is 3.92. The van der Waals surface area contributed by atoms with E-state index in [4.69, 9.17) is 16.3 Å². The Morgan fingerprint density at radius 3 is 2.58 bits per heavy atom. The number of halogens is 1. The smallest absolute Gasteiger partial charge is 0.318 e. The van der Waals surface area contributed by atoms with Gasteiger partial charge in [-0.3, -0.25) is 9.36 Å². The first-order chi connectivity index (χ1) is 12.5. The highest BCUT2D eigenvalue weighted by Gasteiger charge is 2.22. The average molecular weight is 388 g/mol. The second-order valence-electron chi connectivity index (χ2n) is 5.77. The molecule has 0 amide bonds. The molecule has 2 aromatic carbocycles. The minimum absolute atomic E-state index is 0.308. The van der Waals surface area contributed by atoms with E-state index in [0.717, 1.165) is 16.8 Å². The predicted octanol–water partition coefficient (Wildman–Crippen LogP) is 4.55. The molecule has 3 aromatic rings. The van der Waals surface area contributed by atoms with Crippen LogP contribution >= 0.6 is 23.4 Å². The Hall–Kier alpha value is -2.31. The molecular weight excluding hydrogens is 370 g/mol. The normalized spacial score (nSPS) is 12.0. The quantitative estimate of drug-likeness (QED) is 0.474. The highest BCUT2D eigenvalue weighted by Crippen LogP contribution is 2.31. The van der Waals surface area contributed by atoms with Crippen molar-refractivity contribution in [1.82, 2.24) is 14.8 Å². The summed E-state index contributed by atoms with van der Waals surface area (Å²) in [5.41, 5.74) is 2.95. The van der Waals surface area contributed by atoms with Gasteiger partial charge in [0.1, 0.15) is 5.25 Å². The van der Waals surface area contributed by atoms with Gasteiger partial charge in [-0.1, -0.05) is 47.1 Å². The summed E-state index contributed by atoms with van der Waals surface area (Å²) >= 11 is 7.33. The Balaban J connectivity index is 2.10. The minimum atomic E-state index is -0.402. The molecule has 26 heavy (non-hydrogen) atoms. The molecular formula is C19H18ClN3O2S.